The lowest BCUT2D eigenvalue weighted by Crippen LogP contribution is -2.57. The van der Waals surface area contributed by atoms with Gasteiger partial charge < -0.3 is 4.57 Å². The number of hydrogen-bond donors (Lipinski definition) is 0. The van der Waals surface area contributed by atoms with Crippen LogP contribution in [0.4, 0.5) is 16.2 Å². The number of anilines is 2. The Morgan fingerprint density at radius 2 is 1.13 bits per heavy atom. The SMILES string of the molecule is Cc1cc(C=C2C(=O)N(c3ccccc3)C(=O)N(c3ccccc3)C2=O)c(C)n1-c1ccc(C23CC4CC(CC(C4)C2)C3)cc1. The van der Waals surface area contributed by atoms with Gasteiger partial charge in [0.15, 0.2) is 0 Å². The van der Waals surface area contributed by atoms with Crippen LogP contribution in [0.3, 0.4) is 0 Å². The molecule has 0 N–H and O–H groups in total. The van der Waals surface area contributed by atoms with Crippen LogP contribution in [0.5, 0.6) is 0 Å². The number of para-hydroxylation sites is 2. The summed E-state index contributed by atoms with van der Waals surface area (Å²) in [7, 11) is 0. The van der Waals surface area contributed by atoms with Crippen LogP contribution < -0.4 is 9.80 Å². The molecule has 4 aliphatic carbocycles. The number of carbonyl (C=O) groups excluding carboxylic acids is 3. The van der Waals surface area contributed by atoms with Crippen LogP contribution in [0, 0.1) is 31.6 Å². The minimum absolute atomic E-state index is 0.0558. The highest BCUT2D eigenvalue weighted by atomic mass is 16.2. The van der Waals surface area contributed by atoms with Crippen LogP contribution in [0.25, 0.3) is 11.8 Å². The molecule has 3 aromatic carbocycles. The number of aromatic nitrogens is 1. The van der Waals surface area contributed by atoms with E-state index >= 15 is 0 Å². The number of carbonyl (C=O) groups is 3. The van der Waals surface area contributed by atoms with E-state index in [1.807, 2.05) is 32.0 Å². The number of imide groups is 2. The fraction of sp³-hybridized carbons (Fsp3) is 0.308. The summed E-state index contributed by atoms with van der Waals surface area (Å²) in [5.74, 6) is 1.44. The third kappa shape index (κ3) is 4.49. The van der Waals surface area contributed by atoms with E-state index in [9.17, 15) is 14.4 Å². The van der Waals surface area contributed by atoms with E-state index in [4.69, 9.17) is 0 Å². The second kappa shape index (κ2) is 10.4. The zero-order valence-corrected chi connectivity index (χ0v) is 25.8. The maximum Gasteiger partial charge on any atom is 0.343 e. The highest BCUT2D eigenvalue weighted by Crippen LogP contribution is 2.60. The number of benzene rings is 3. The van der Waals surface area contributed by atoms with Gasteiger partial charge in [-0.2, -0.15) is 0 Å². The summed E-state index contributed by atoms with van der Waals surface area (Å²) in [6, 6.07) is 28.0. The number of rotatable bonds is 5. The van der Waals surface area contributed by atoms with E-state index in [0.717, 1.165) is 50.2 Å². The molecule has 1 aliphatic heterocycles. The number of hydrogen-bond acceptors (Lipinski definition) is 3. The van der Waals surface area contributed by atoms with Crippen molar-refractivity contribution in [3.05, 3.63) is 119 Å². The first-order valence-corrected chi connectivity index (χ1v) is 16.2. The van der Waals surface area contributed by atoms with Gasteiger partial charge in [0, 0.05) is 17.1 Å². The van der Waals surface area contributed by atoms with Gasteiger partial charge >= 0.3 is 6.03 Å². The van der Waals surface area contributed by atoms with Crippen LogP contribution in [-0.2, 0) is 15.0 Å². The van der Waals surface area contributed by atoms with Gasteiger partial charge in [-0.3, -0.25) is 9.59 Å². The number of nitrogens with zero attached hydrogens (tertiary/aromatic N) is 3. The number of urea groups is 1. The largest absolute Gasteiger partial charge is 0.343 e. The summed E-state index contributed by atoms with van der Waals surface area (Å²) in [5, 5.41) is 0. The van der Waals surface area contributed by atoms with Crippen molar-refractivity contribution in [2.24, 2.45) is 17.8 Å². The lowest BCUT2D eigenvalue weighted by atomic mass is 9.48. The Morgan fingerprint density at radius 1 is 0.644 bits per heavy atom. The van der Waals surface area contributed by atoms with Crippen molar-refractivity contribution >= 4 is 35.3 Å². The smallest absolute Gasteiger partial charge is 0.318 e. The van der Waals surface area contributed by atoms with Gasteiger partial charge in [-0.15, -0.1) is 0 Å². The molecule has 6 nitrogen and oxygen atoms in total. The molecule has 1 aromatic heterocycles. The van der Waals surface area contributed by atoms with E-state index in [0.29, 0.717) is 16.8 Å². The average Bonchev–Trinajstić information content (AvgIpc) is 3.31. The van der Waals surface area contributed by atoms with Crippen LogP contribution in [0.15, 0.2) is 96.6 Å². The molecule has 5 fully saturated rings. The summed E-state index contributed by atoms with van der Waals surface area (Å²) in [4.78, 5) is 43.6. The molecule has 4 bridgehead atoms. The van der Waals surface area contributed by atoms with Gasteiger partial charge in [0.25, 0.3) is 11.8 Å². The highest BCUT2D eigenvalue weighted by molar-refractivity contribution is 6.46. The molecule has 6 heteroatoms. The molecule has 0 unspecified atom stereocenters. The fourth-order valence-electron chi connectivity index (χ4n) is 9.25. The minimum atomic E-state index is -0.691. The van der Waals surface area contributed by atoms with Crippen molar-refractivity contribution in [3.8, 4) is 5.69 Å². The molecule has 4 aromatic rings. The molecule has 4 saturated carbocycles. The molecule has 0 atom stereocenters. The minimum Gasteiger partial charge on any atom is -0.318 e. The van der Waals surface area contributed by atoms with Crippen molar-refractivity contribution in [1.29, 1.82) is 0 Å². The molecule has 0 spiro atoms. The van der Waals surface area contributed by atoms with Gasteiger partial charge in [0.2, 0.25) is 0 Å². The van der Waals surface area contributed by atoms with Crippen molar-refractivity contribution < 1.29 is 14.4 Å². The normalized spacial score (nSPS) is 25.8. The topological polar surface area (TPSA) is 62.6 Å². The molecular formula is C39H37N3O3. The quantitative estimate of drug-likeness (QED) is 0.173. The van der Waals surface area contributed by atoms with E-state index in [1.54, 1.807) is 54.6 Å². The summed E-state index contributed by atoms with van der Waals surface area (Å²) in [6.45, 7) is 4.06. The van der Waals surface area contributed by atoms with Crippen LogP contribution in [0.1, 0.15) is 61.0 Å². The maximum atomic E-state index is 13.9. The van der Waals surface area contributed by atoms with Gasteiger partial charge in [0.1, 0.15) is 5.57 Å². The predicted molar refractivity (Wildman–Crippen MR) is 176 cm³/mol. The Hall–Kier alpha value is -4.71. The molecule has 9 rings (SSSR count). The number of barbiturate groups is 1. The lowest BCUT2D eigenvalue weighted by Gasteiger charge is -2.57. The highest BCUT2D eigenvalue weighted by Gasteiger charge is 2.51. The monoisotopic (exact) mass is 595 g/mol. The zero-order chi connectivity index (χ0) is 30.9. The van der Waals surface area contributed by atoms with Crippen molar-refractivity contribution in [1.82, 2.24) is 4.57 Å². The standard InChI is InChI=1S/C39H37N3O3/c1-25-17-30(26(2)40(25)34-15-13-31(14-16-34)39-22-27-18-28(23-39)20-29(19-27)24-39)21-35-36(43)41(32-9-5-3-6-10-32)38(45)42(37(35)44)33-11-7-4-8-12-33/h3-17,21,27-29H,18-20,22-24H2,1-2H3. The Morgan fingerprint density at radius 3 is 1.62 bits per heavy atom. The summed E-state index contributed by atoms with van der Waals surface area (Å²) < 4.78 is 2.18. The van der Waals surface area contributed by atoms with Gasteiger partial charge in [-0.25, -0.2) is 14.6 Å². The average molecular weight is 596 g/mol. The first-order chi connectivity index (χ1) is 21.8. The van der Waals surface area contributed by atoms with E-state index in [2.05, 4.69) is 28.8 Å². The Bertz CT molecular complexity index is 1750. The van der Waals surface area contributed by atoms with Gasteiger partial charge in [-0.1, -0.05) is 48.5 Å². The van der Waals surface area contributed by atoms with Crippen LogP contribution in [0.2, 0.25) is 0 Å². The number of amides is 4. The summed E-state index contributed by atoms with van der Waals surface area (Å²) in [5.41, 5.74) is 6.37. The summed E-state index contributed by atoms with van der Waals surface area (Å²) in [6.07, 6.45) is 9.95. The first-order valence-electron chi connectivity index (χ1n) is 16.2. The zero-order valence-electron chi connectivity index (χ0n) is 25.8. The second-order valence-electron chi connectivity index (χ2n) is 13.7. The van der Waals surface area contributed by atoms with Crippen molar-refractivity contribution in [2.45, 2.75) is 57.8 Å². The Kier molecular flexibility index (Phi) is 6.45. The number of aryl methyl sites for hydroxylation is 1. The van der Waals surface area contributed by atoms with Gasteiger partial charge in [-0.05, 0) is 135 Å². The summed E-state index contributed by atoms with van der Waals surface area (Å²) >= 11 is 0. The third-order valence-electron chi connectivity index (χ3n) is 10.8. The maximum absolute atomic E-state index is 13.9. The Balaban J connectivity index is 1.15. The molecular weight excluding hydrogens is 558 g/mol. The molecule has 5 aliphatic rings. The van der Waals surface area contributed by atoms with Crippen molar-refractivity contribution in [3.63, 3.8) is 0 Å². The van der Waals surface area contributed by atoms with Crippen LogP contribution in [-0.4, -0.2) is 22.4 Å². The van der Waals surface area contributed by atoms with E-state index in [1.165, 1.54) is 44.1 Å². The van der Waals surface area contributed by atoms with E-state index < -0.39 is 17.8 Å². The van der Waals surface area contributed by atoms with E-state index in [-0.39, 0.29) is 5.57 Å². The fourth-order valence-corrected chi connectivity index (χ4v) is 9.25. The molecule has 45 heavy (non-hydrogen) atoms. The third-order valence-corrected chi connectivity index (χ3v) is 10.8. The van der Waals surface area contributed by atoms with Crippen molar-refractivity contribution in [2.75, 3.05) is 9.80 Å². The predicted octanol–water partition coefficient (Wildman–Crippen LogP) is 8.15. The molecule has 0 radical (unpaired) electrons. The molecule has 4 amide bonds. The van der Waals surface area contributed by atoms with Crippen LogP contribution >= 0.6 is 0 Å². The first kappa shape index (κ1) is 27.8. The lowest BCUT2D eigenvalue weighted by molar-refractivity contribution is -0.121. The second-order valence-corrected chi connectivity index (χ2v) is 13.7. The molecule has 226 valence electrons. The molecule has 2 heterocycles. The molecule has 1 saturated heterocycles. The Labute approximate surface area is 264 Å². The van der Waals surface area contributed by atoms with Gasteiger partial charge in [0.05, 0.1) is 11.4 Å².